The molecule has 1 saturated heterocycles. The average molecular weight is 559 g/mol. The molecule has 4 rings (SSSR count). The van der Waals surface area contributed by atoms with E-state index in [1.165, 1.54) is 17.0 Å². The number of aromatic nitrogens is 4. The second-order valence-corrected chi connectivity index (χ2v) is 10.2. The number of halogens is 3. The van der Waals surface area contributed by atoms with E-state index in [0.29, 0.717) is 51.1 Å². The van der Waals surface area contributed by atoms with E-state index in [1.807, 2.05) is 37.3 Å². The molecular weight excluding hydrogens is 525 g/mol. The van der Waals surface area contributed by atoms with E-state index in [0.717, 1.165) is 17.8 Å². The number of anilines is 1. The number of aliphatic hydroxyl groups is 1. The van der Waals surface area contributed by atoms with Crippen LogP contribution in [0.25, 0.3) is 0 Å². The minimum Gasteiger partial charge on any atom is -0.388 e. The van der Waals surface area contributed by atoms with Gasteiger partial charge in [0.25, 0.3) is 5.56 Å². The lowest BCUT2D eigenvalue weighted by Gasteiger charge is -2.38. The Labute approximate surface area is 230 Å². The van der Waals surface area contributed by atoms with Crippen LogP contribution < -0.4 is 10.9 Å². The van der Waals surface area contributed by atoms with Crippen LogP contribution >= 0.6 is 0 Å². The summed E-state index contributed by atoms with van der Waals surface area (Å²) in [7, 11) is 0. The van der Waals surface area contributed by atoms with E-state index in [4.69, 9.17) is 0 Å². The van der Waals surface area contributed by atoms with Gasteiger partial charge in [-0.3, -0.25) is 14.2 Å². The zero-order valence-electron chi connectivity index (χ0n) is 22.3. The molecule has 1 atom stereocenters. The maximum absolute atomic E-state index is 12.8. The molecule has 2 aromatic heterocycles. The van der Waals surface area contributed by atoms with Crippen LogP contribution in [0.5, 0.6) is 0 Å². The van der Waals surface area contributed by atoms with Crippen molar-refractivity contribution in [3.63, 3.8) is 0 Å². The first-order valence-corrected chi connectivity index (χ1v) is 13.3. The number of hydrogen-bond donors (Lipinski definition) is 2. The highest BCUT2D eigenvalue weighted by atomic mass is 19.4. The number of rotatable bonds is 10. The van der Waals surface area contributed by atoms with Crippen molar-refractivity contribution in [2.45, 2.75) is 63.3 Å². The average Bonchev–Trinajstić information content (AvgIpc) is 2.93. The summed E-state index contributed by atoms with van der Waals surface area (Å²) in [5.74, 6) is 0.560. The summed E-state index contributed by atoms with van der Waals surface area (Å²) in [6, 6.07) is 12.0. The van der Waals surface area contributed by atoms with E-state index in [9.17, 15) is 27.9 Å². The molecular formula is C28H33F3N6O3. The van der Waals surface area contributed by atoms with Crippen LogP contribution in [0.3, 0.4) is 0 Å². The molecule has 0 radical (unpaired) electrons. The number of amides is 1. The minimum atomic E-state index is -4.52. The summed E-state index contributed by atoms with van der Waals surface area (Å²) in [4.78, 5) is 38.9. The van der Waals surface area contributed by atoms with E-state index in [-0.39, 0.29) is 36.2 Å². The Bertz CT molecular complexity index is 1340. The highest BCUT2D eigenvalue weighted by Gasteiger charge is 2.35. The van der Waals surface area contributed by atoms with Crippen molar-refractivity contribution in [2.75, 3.05) is 25.0 Å². The van der Waals surface area contributed by atoms with Crippen LogP contribution in [0, 0.1) is 0 Å². The Morgan fingerprint density at radius 1 is 1.15 bits per heavy atom. The molecule has 1 amide bonds. The van der Waals surface area contributed by atoms with Crippen LogP contribution in [-0.2, 0) is 23.9 Å². The monoisotopic (exact) mass is 558 g/mol. The summed E-state index contributed by atoms with van der Waals surface area (Å²) in [6.07, 6.45) is -0.318. The lowest BCUT2D eigenvalue weighted by atomic mass is 9.90. The van der Waals surface area contributed by atoms with Crippen LogP contribution in [0.1, 0.15) is 55.6 Å². The Kier molecular flexibility index (Phi) is 9.18. The molecule has 0 spiro atoms. The molecule has 12 heteroatoms. The van der Waals surface area contributed by atoms with Crippen molar-refractivity contribution in [1.82, 2.24) is 24.4 Å². The van der Waals surface area contributed by atoms with Gasteiger partial charge < -0.3 is 15.3 Å². The van der Waals surface area contributed by atoms with Crippen molar-refractivity contribution >= 4 is 11.7 Å². The molecule has 1 fully saturated rings. The van der Waals surface area contributed by atoms with Crippen LogP contribution in [-0.4, -0.2) is 60.7 Å². The van der Waals surface area contributed by atoms with Gasteiger partial charge in [-0.2, -0.15) is 13.2 Å². The van der Waals surface area contributed by atoms with E-state index in [2.05, 4.69) is 20.3 Å². The number of alkyl halides is 3. The van der Waals surface area contributed by atoms with Crippen molar-refractivity contribution in [1.29, 1.82) is 0 Å². The lowest BCUT2D eigenvalue weighted by Crippen LogP contribution is -2.49. The summed E-state index contributed by atoms with van der Waals surface area (Å²) in [5, 5.41) is 14.1. The summed E-state index contributed by atoms with van der Waals surface area (Å²) >= 11 is 0. The summed E-state index contributed by atoms with van der Waals surface area (Å²) in [5.41, 5.74) is -1.35. The molecule has 40 heavy (non-hydrogen) atoms. The largest absolute Gasteiger partial charge is 0.433 e. The van der Waals surface area contributed by atoms with Gasteiger partial charge in [0.15, 0.2) is 0 Å². The highest BCUT2D eigenvalue weighted by molar-refractivity contribution is 5.77. The van der Waals surface area contributed by atoms with Gasteiger partial charge in [0, 0.05) is 44.7 Å². The van der Waals surface area contributed by atoms with E-state index < -0.39 is 17.5 Å². The maximum atomic E-state index is 12.8. The van der Waals surface area contributed by atoms with Crippen molar-refractivity contribution in [2.24, 2.45) is 0 Å². The number of carbonyl (C=O) groups excluding carboxylic acids is 1. The third-order valence-electron chi connectivity index (χ3n) is 7.12. The van der Waals surface area contributed by atoms with E-state index >= 15 is 0 Å². The quantitative estimate of drug-likeness (QED) is 0.365. The molecule has 3 heterocycles. The number of likely N-dealkylation sites (tertiary alicyclic amines) is 1. The molecule has 3 aromatic rings. The predicted octanol–water partition coefficient (Wildman–Crippen LogP) is 3.64. The van der Waals surface area contributed by atoms with Gasteiger partial charge in [-0.25, -0.2) is 15.0 Å². The fraction of sp³-hybridized carbons (Fsp3) is 0.464. The summed E-state index contributed by atoms with van der Waals surface area (Å²) < 4.78 is 39.7. The molecule has 1 aliphatic rings. The molecule has 1 aliphatic heterocycles. The first-order valence-electron chi connectivity index (χ1n) is 13.3. The first kappa shape index (κ1) is 29.2. The van der Waals surface area contributed by atoms with Gasteiger partial charge in [0.05, 0.1) is 18.5 Å². The second kappa shape index (κ2) is 12.6. The van der Waals surface area contributed by atoms with Gasteiger partial charge in [0.2, 0.25) is 5.91 Å². The number of benzene rings is 1. The Morgan fingerprint density at radius 3 is 2.55 bits per heavy atom. The Balaban J connectivity index is 1.23. The molecule has 1 aromatic carbocycles. The molecule has 0 unspecified atom stereocenters. The maximum Gasteiger partial charge on any atom is 0.433 e. The third kappa shape index (κ3) is 7.87. The first-order chi connectivity index (χ1) is 19.0. The van der Waals surface area contributed by atoms with Crippen molar-refractivity contribution in [3.05, 3.63) is 82.4 Å². The van der Waals surface area contributed by atoms with E-state index in [1.54, 1.807) is 4.90 Å². The standard InChI is InChI=1S/C28H33F3N6O3/c1-20(21-6-3-2-4-7-21)16-25(38)36-14-10-27(40,11-15-36)18-37-19-34-24(17-26(37)39)32-12-5-8-23-33-13-9-22(35-23)28(29,30)31/h2-4,6-7,9,13,17,19-20,32,40H,5,8,10-12,14-16,18H2,1H3/t20-/m1/s1. The van der Waals surface area contributed by atoms with Gasteiger partial charge in [0.1, 0.15) is 17.3 Å². The molecule has 214 valence electrons. The number of hydrogen-bond acceptors (Lipinski definition) is 7. The Morgan fingerprint density at radius 2 is 1.88 bits per heavy atom. The number of carbonyl (C=O) groups is 1. The van der Waals surface area contributed by atoms with Crippen LogP contribution in [0.15, 0.2) is 59.8 Å². The predicted molar refractivity (Wildman–Crippen MR) is 143 cm³/mol. The van der Waals surface area contributed by atoms with Crippen LogP contribution in [0.2, 0.25) is 0 Å². The minimum absolute atomic E-state index is 0.0484. The fourth-order valence-corrected chi connectivity index (χ4v) is 4.72. The smallest absolute Gasteiger partial charge is 0.388 e. The van der Waals surface area contributed by atoms with Gasteiger partial charge in [-0.1, -0.05) is 37.3 Å². The third-order valence-corrected chi connectivity index (χ3v) is 7.12. The molecule has 0 bridgehead atoms. The number of nitrogens with one attached hydrogen (secondary N) is 1. The topological polar surface area (TPSA) is 113 Å². The molecule has 2 N–H and O–H groups in total. The lowest BCUT2D eigenvalue weighted by molar-refractivity contribution is -0.141. The SMILES string of the molecule is C[C@H](CC(=O)N1CCC(O)(Cn2cnc(NCCCc3nccc(C(F)(F)F)n3)cc2=O)CC1)c1ccccc1. The molecule has 0 saturated carbocycles. The molecule has 9 nitrogen and oxygen atoms in total. The number of aryl methyl sites for hydroxylation is 1. The van der Waals surface area contributed by atoms with Crippen molar-refractivity contribution in [3.8, 4) is 0 Å². The highest BCUT2D eigenvalue weighted by Crippen LogP contribution is 2.28. The number of nitrogens with zero attached hydrogens (tertiary/aromatic N) is 5. The van der Waals surface area contributed by atoms with Gasteiger partial charge in [-0.15, -0.1) is 0 Å². The fourth-order valence-electron chi connectivity index (χ4n) is 4.72. The second-order valence-electron chi connectivity index (χ2n) is 10.2. The van der Waals surface area contributed by atoms with Crippen molar-refractivity contribution < 1.29 is 23.1 Å². The van der Waals surface area contributed by atoms with Gasteiger partial charge >= 0.3 is 6.18 Å². The zero-order chi connectivity index (χ0) is 28.8. The normalized spacial score (nSPS) is 16.0. The van der Waals surface area contributed by atoms with Crippen LogP contribution in [0.4, 0.5) is 19.0 Å². The Hall–Kier alpha value is -3.80. The zero-order valence-corrected chi connectivity index (χ0v) is 22.3. The number of piperidine rings is 1. The summed E-state index contributed by atoms with van der Waals surface area (Å²) in [6.45, 7) is 3.26. The van der Waals surface area contributed by atoms with Gasteiger partial charge in [-0.05, 0) is 36.8 Å². The molecule has 0 aliphatic carbocycles.